The second-order valence-corrected chi connectivity index (χ2v) is 8.75. The van der Waals surface area contributed by atoms with Crippen molar-refractivity contribution in [3.63, 3.8) is 0 Å². The smallest absolute Gasteiger partial charge is 0.102 e. The standard InChI is InChI=1S/C22H25N7S/c1-14-27-17(13-30-14)10-26-16-4-2-15(3-5-16)22-21-19(23)11-25-12-20(21)29(28-22)18-6-8-24-9-7-18/h2-5,11-13,18,24,26H,6-10,23H2,1H3. The molecule has 4 heterocycles. The van der Waals surface area contributed by atoms with Gasteiger partial charge in [-0.3, -0.25) is 9.67 Å². The average Bonchev–Trinajstić information content (AvgIpc) is 3.38. The molecular weight excluding hydrogens is 394 g/mol. The molecule has 0 saturated carbocycles. The van der Waals surface area contributed by atoms with E-state index >= 15 is 0 Å². The Bertz CT molecular complexity index is 1160. The van der Waals surface area contributed by atoms with Crippen molar-refractivity contribution in [3.8, 4) is 11.3 Å². The predicted molar refractivity (Wildman–Crippen MR) is 123 cm³/mol. The monoisotopic (exact) mass is 419 g/mol. The summed E-state index contributed by atoms with van der Waals surface area (Å²) in [5.74, 6) is 0. The van der Waals surface area contributed by atoms with Gasteiger partial charge in [0.25, 0.3) is 0 Å². The minimum Gasteiger partial charge on any atom is -0.397 e. The molecule has 4 aromatic rings. The van der Waals surface area contributed by atoms with Gasteiger partial charge in [-0.05, 0) is 45.0 Å². The molecule has 1 fully saturated rings. The van der Waals surface area contributed by atoms with Crippen LogP contribution in [-0.4, -0.2) is 32.8 Å². The summed E-state index contributed by atoms with van der Waals surface area (Å²) in [4.78, 5) is 8.83. The zero-order valence-corrected chi connectivity index (χ0v) is 17.7. The van der Waals surface area contributed by atoms with Crippen LogP contribution in [0.25, 0.3) is 22.2 Å². The average molecular weight is 420 g/mol. The highest BCUT2D eigenvalue weighted by Gasteiger charge is 2.22. The SMILES string of the molecule is Cc1nc(CNc2ccc(-c3nn(C4CCNCC4)c4cncc(N)c34)cc2)cs1. The Morgan fingerprint density at radius 3 is 2.73 bits per heavy atom. The summed E-state index contributed by atoms with van der Waals surface area (Å²) in [6, 6.07) is 8.74. The van der Waals surface area contributed by atoms with Gasteiger partial charge in [0.1, 0.15) is 5.69 Å². The molecule has 7 nitrogen and oxygen atoms in total. The van der Waals surface area contributed by atoms with Crippen LogP contribution in [0, 0.1) is 6.92 Å². The van der Waals surface area contributed by atoms with Crippen LogP contribution >= 0.6 is 11.3 Å². The molecule has 0 spiro atoms. The molecule has 3 aromatic heterocycles. The molecule has 0 atom stereocenters. The third kappa shape index (κ3) is 3.64. The number of thiazole rings is 1. The summed E-state index contributed by atoms with van der Waals surface area (Å²) < 4.78 is 2.13. The quantitative estimate of drug-likeness (QED) is 0.453. The number of aromatic nitrogens is 4. The second-order valence-electron chi connectivity index (χ2n) is 7.69. The number of nitrogens with one attached hydrogen (secondary N) is 2. The number of hydrogen-bond donors (Lipinski definition) is 3. The molecule has 0 bridgehead atoms. The lowest BCUT2D eigenvalue weighted by Crippen LogP contribution is -2.29. The Balaban J connectivity index is 1.45. The van der Waals surface area contributed by atoms with Crippen LogP contribution in [-0.2, 0) is 6.54 Å². The highest BCUT2D eigenvalue weighted by Crippen LogP contribution is 2.35. The summed E-state index contributed by atoms with van der Waals surface area (Å²) in [5.41, 5.74) is 12.1. The number of fused-ring (bicyclic) bond motifs is 1. The molecule has 0 amide bonds. The van der Waals surface area contributed by atoms with Crippen molar-refractivity contribution in [2.45, 2.75) is 32.4 Å². The number of anilines is 2. The number of pyridine rings is 1. The minimum absolute atomic E-state index is 0.369. The molecule has 0 aliphatic carbocycles. The number of rotatable bonds is 5. The summed E-state index contributed by atoms with van der Waals surface area (Å²) in [6.07, 6.45) is 5.72. The molecule has 5 rings (SSSR count). The third-order valence-corrected chi connectivity index (χ3v) is 6.42. The fraction of sp³-hybridized carbons (Fsp3) is 0.318. The number of nitrogens with two attached hydrogens (primary N) is 1. The van der Waals surface area contributed by atoms with Gasteiger partial charge in [0.15, 0.2) is 0 Å². The van der Waals surface area contributed by atoms with Crippen LogP contribution in [0.15, 0.2) is 42.0 Å². The topological polar surface area (TPSA) is 93.7 Å². The van der Waals surface area contributed by atoms with Crippen LogP contribution in [0.2, 0.25) is 0 Å². The third-order valence-electron chi connectivity index (χ3n) is 5.60. The van der Waals surface area contributed by atoms with E-state index < -0.39 is 0 Å². The molecule has 0 unspecified atom stereocenters. The van der Waals surface area contributed by atoms with Crippen molar-refractivity contribution < 1.29 is 0 Å². The van der Waals surface area contributed by atoms with Crippen LogP contribution in [0.5, 0.6) is 0 Å². The molecule has 154 valence electrons. The molecule has 1 aliphatic rings. The number of nitrogen functional groups attached to an aromatic ring is 1. The van der Waals surface area contributed by atoms with Gasteiger partial charge in [0.2, 0.25) is 0 Å². The van der Waals surface area contributed by atoms with Crippen molar-refractivity contribution in [1.82, 2.24) is 25.1 Å². The van der Waals surface area contributed by atoms with Gasteiger partial charge in [-0.25, -0.2) is 4.98 Å². The Morgan fingerprint density at radius 1 is 1.20 bits per heavy atom. The lowest BCUT2D eigenvalue weighted by molar-refractivity contribution is 0.351. The number of nitrogens with zero attached hydrogens (tertiary/aromatic N) is 4. The van der Waals surface area contributed by atoms with Gasteiger partial charge in [0.05, 0.1) is 52.3 Å². The summed E-state index contributed by atoms with van der Waals surface area (Å²) in [7, 11) is 0. The van der Waals surface area contributed by atoms with Gasteiger partial charge in [-0.1, -0.05) is 12.1 Å². The molecule has 0 radical (unpaired) electrons. The van der Waals surface area contributed by atoms with Crippen molar-refractivity contribution >= 4 is 33.6 Å². The first-order chi connectivity index (χ1) is 14.7. The Labute approximate surface area is 179 Å². The lowest BCUT2D eigenvalue weighted by atomic mass is 10.1. The highest BCUT2D eigenvalue weighted by atomic mass is 32.1. The van der Waals surface area contributed by atoms with E-state index in [0.717, 1.165) is 71.0 Å². The minimum atomic E-state index is 0.369. The van der Waals surface area contributed by atoms with Crippen molar-refractivity contribution in [1.29, 1.82) is 0 Å². The number of benzene rings is 1. The van der Waals surface area contributed by atoms with Crippen LogP contribution in [0.3, 0.4) is 0 Å². The summed E-state index contributed by atoms with van der Waals surface area (Å²) in [6.45, 7) is 4.76. The number of hydrogen-bond acceptors (Lipinski definition) is 7. The number of aryl methyl sites for hydroxylation is 1. The van der Waals surface area contributed by atoms with E-state index in [-0.39, 0.29) is 0 Å². The molecule has 8 heteroatoms. The molecule has 30 heavy (non-hydrogen) atoms. The van der Waals surface area contributed by atoms with Gasteiger partial charge in [-0.15, -0.1) is 11.3 Å². The maximum atomic E-state index is 6.33. The van der Waals surface area contributed by atoms with Gasteiger partial charge in [0, 0.05) is 16.6 Å². The predicted octanol–water partition coefficient (Wildman–Crippen LogP) is 3.98. The normalized spacial score (nSPS) is 15.0. The van der Waals surface area contributed by atoms with E-state index in [4.69, 9.17) is 10.8 Å². The van der Waals surface area contributed by atoms with Gasteiger partial charge >= 0.3 is 0 Å². The van der Waals surface area contributed by atoms with Crippen LogP contribution < -0.4 is 16.4 Å². The Kier molecular flexibility index (Phi) is 5.10. The fourth-order valence-corrected chi connectivity index (χ4v) is 4.68. The largest absolute Gasteiger partial charge is 0.397 e. The molecule has 4 N–H and O–H groups in total. The zero-order chi connectivity index (χ0) is 20.5. The zero-order valence-electron chi connectivity index (χ0n) is 16.9. The Hall–Kier alpha value is -2.97. The second kappa shape index (κ2) is 8.04. The molecule has 1 aliphatic heterocycles. The van der Waals surface area contributed by atoms with E-state index in [9.17, 15) is 0 Å². The first-order valence-electron chi connectivity index (χ1n) is 10.3. The number of piperidine rings is 1. The fourth-order valence-electron chi connectivity index (χ4n) is 4.07. The molecular formula is C22H25N7S. The Morgan fingerprint density at radius 2 is 2.00 bits per heavy atom. The first-order valence-corrected chi connectivity index (χ1v) is 11.1. The van der Waals surface area contributed by atoms with Crippen molar-refractivity contribution in [2.24, 2.45) is 0 Å². The molecule has 1 saturated heterocycles. The lowest BCUT2D eigenvalue weighted by Gasteiger charge is -2.23. The van der Waals surface area contributed by atoms with Crippen molar-refractivity contribution in [3.05, 3.63) is 52.7 Å². The van der Waals surface area contributed by atoms with Crippen LogP contribution in [0.1, 0.15) is 29.6 Å². The summed E-state index contributed by atoms with van der Waals surface area (Å²) >= 11 is 1.67. The van der Waals surface area contributed by atoms with Crippen molar-refractivity contribution in [2.75, 3.05) is 24.1 Å². The highest BCUT2D eigenvalue weighted by molar-refractivity contribution is 7.09. The maximum Gasteiger partial charge on any atom is 0.102 e. The summed E-state index contributed by atoms with van der Waals surface area (Å²) in [5, 5.41) is 16.0. The van der Waals surface area contributed by atoms with Gasteiger partial charge in [-0.2, -0.15) is 5.10 Å². The van der Waals surface area contributed by atoms with E-state index in [2.05, 4.69) is 54.9 Å². The van der Waals surface area contributed by atoms with E-state index in [1.54, 1.807) is 17.5 Å². The van der Waals surface area contributed by atoms with Crippen LogP contribution in [0.4, 0.5) is 11.4 Å². The van der Waals surface area contributed by atoms with E-state index in [1.807, 2.05) is 13.1 Å². The first kappa shape index (κ1) is 19.0. The van der Waals surface area contributed by atoms with E-state index in [1.165, 1.54) is 0 Å². The van der Waals surface area contributed by atoms with Gasteiger partial charge < -0.3 is 16.4 Å². The maximum absolute atomic E-state index is 6.33. The van der Waals surface area contributed by atoms with E-state index in [0.29, 0.717) is 11.7 Å². The molecule has 1 aromatic carbocycles.